The van der Waals surface area contributed by atoms with Crippen LogP contribution in [0.3, 0.4) is 0 Å². The first-order chi connectivity index (χ1) is 21.3. The highest BCUT2D eigenvalue weighted by atomic mass is 35.5. The molecule has 12 heteroatoms. The Balaban J connectivity index is 1.43. The number of imidazole rings is 1. The van der Waals surface area contributed by atoms with Crippen molar-refractivity contribution >= 4 is 35.5 Å². The van der Waals surface area contributed by atoms with Crippen molar-refractivity contribution in [3.8, 4) is 22.4 Å². The van der Waals surface area contributed by atoms with Gasteiger partial charge < -0.3 is 30.0 Å². The number of ether oxygens (including phenoxy) is 2. The molecule has 2 atom stereocenters. The van der Waals surface area contributed by atoms with Gasteiger partial charge in [-0.3, -0.25) is 9.59 Å². The number of carbonyl (C=O) groups is 4. The summed E-state index contributed by atoms with van der Waals surface area (Å²) in [6.07, 6.45) is 0.221. The van der Waals surface area contributed by atoms with E-state index in [1.54, 1.807) is 37.8 Å². The van der Waals surface area contributed by atoms with Gasteiger partial charge in [-0.25, -0.2) is 14.6 Å². The summed E-state index contributed by atoms with van der Waals surface area (Å²) in [4.78, 5) is 59.4. The van der Waals surface area contributed by atoms with Crippen LogP contribution in [0.15, 0.2) is 48.5 Å². The van der Waals surface area contributed by atoms with Crippen LogP contribution in [0.2, 0.25) is 5.15 Å². The summed E-state index contributed by atoms with van der Waals surface area (Å²) in [5, 5.41) is 5.51. The summed E-state index contributed by atoms with van der Waals surface area (Å²) in [7, 11) is 1.27. The molecule has 1 unspecified atom stereocenters. The Morgan fingerprint density at radius 1 is 1.00 bits per heavy atom. The maximum atomic E-state index is 13.5. The molecule has 45 heavy (non-hydrogen) atoms. The number of methoxy groups -OCH3 is 1. The van der Waals surface area contributed by atoms with E-state index in [-0.39, 0.29) is 30.2 Å². The molecule has 1 aliphatic rings. The highest BCUT2D eigenvalue weighted by molar-refractivity contribution is 6.31. The lowest BCUT2D eigenvalue weighted by molar-refractivity contribution is -0.135. The van der Waals surface area contributed by atoms with E-state index in [0.29, 0.717) is 35.2 Å². The Labute approximate surface area is 268 Å². The molecular formula is C33H40ClN5O6. The number of likely N-dealkylation sites (tertiary alicyclic amines) is 1. The number of alkyl carbamates (subject to hydrolysis) is 2. The molecule has 2 aromatic carbocycles. The summed E-state index contributed by atoms with van der Waals surface area (Å²) in [5.74, 6) is 0.0361. The van der Waals surface area contributed by atoms with E-state index in [4.69, 9.17) is 26.1 Å². The topological polar surface area (TPSA) is 143 Å². The zero-order valence-electron chi connectivity index (χ0n) is 26.4. The summed E-state index contributed by atoms with van der Waals surface area (Å²) >= 11 is 6.61. The number of amides is 3. The van der Waals surface area contributed by atoms with Crippen LogP contribution >= 0.6 is 11.6 Å². The average Bonchev–Trinajstić information content (AvgIpc) is 3.64. The molecule has 0 bridgehead atoms. The van der Waals surface area contributed by atoms with Crippen LogP contribution in [0.4, 0.5) is 9.59 Å². The normalized spacial score (nSPS) is 15.5. The van der Waals surface area contributed by atoms with Crippen LogP contribution in [-0.2, 0) is 14.3 Å². The van der Waals surface area contributed by atoms with Gasteiger partial charge in [-0.15, -0.1) is 0 Å². The predicted molar refractivity (Wildman–Crippen MR) is 171 cm³/mol. The van der Waals surface area contributed by atoms with Crippen molar-refractivity contribution in [2.24, 2.45) is 5.92 Å². The van der Waals surface area contributed by atoms with E-state index in [2.05, 4.69) is 15.6 Å². The van der Waals surface area contributed by atoms with Crippen molar-refractivity contribution in [1.82, 2.24) is 25.5 Å². The standard InChI is InChI=1S/C33H40ClN5O6/c1-19(2)26(37-32(43)44-6)30(41)39-17-7-8-24(39)29-36-27(28(34)38-29)23-15-11-21(12-16-23)20-9-13-22(14-10-20)25(40)18-35-31(42)45-33(3,4)5/h9-16,19,24,26H,7-8,17-18H2,1-6H3,(H,35,42)(H,36,38)(H,37,43)/t24?,26-/m0/s1. The smallest absolute Gasteiger partial charge is 0.408 e. The van der Waals surface area contributed by atoms with E-state index < -0.39 is 23.8 Å². The first-order valence-corrected chi connectivity index (χ1v) is 15.3. The van der Waals surface area contributed by atoms with Crippen LogP contribution in [0.25, 0.3) is 22.4 Å². The number of hydrogen-bond acceptors (Lipinski definition) is 7. The molecule has 0 aliphatic carbocycles. The second-order valence-corrected chi connectivity index (χ2v) is 12.6. The van der Waals surface area contributed by atoms with Gasteiger partial charge in [-0.05, 0) is 50.7 Å². The maximum absolute atomic E-state index is 13.5. The summed E-state index contributed by atoms with van der Waals surface area (Å²) in [6.45, 7) is 9.39. The van der Waals surface area contributed by atoms with Crippen LogP contribution < -0.4 is 10.6 Å². The molecule has 11 nitrogen and oxygen atoms in total. The molecule has 3 aromatic rings. The lowest BCUT2D eigenvalue weighted by Crippen LogP contribution is -2.51. The minimum atomic E-state index is -0.725. The molecule has 3 N–H and O–H groups in total. The molecule has 3 amide bonds. The fourth-order valence-electron chi connectivity index (χ4n) is 5.15. The number of hydrogen-bond donors (Lipinski definition) is 3. The van der Waals surface area contributed by atoms with E-state index >= 15 is 0 Å². The number of aromatic nitrogens is 2. The highest BCUT2D eigenvalue weighted by Crippen LogP contribution is 2.36. The molecule has 2 heterocycles. The van der Waals surface area contributed by atoms with Gasteiger partial charge in [0.2, 0.25) is 5.91 Å². The van der Waals surface area contributed by atoms with Gasteiger partial charge in [0, 0.05) is 17.7 Å². The number of ketones is 1. The predicted octanol–water partition coefficient (Wildman–Crippen LogP) is 6.15. The number of H-pyrrole nitrogens is 1. The Morgan fingerprint density at radius 3 is 2.18 bits per heavy atom. The van der Waals surface area contributed by atoms with Crippen molar-refractivity contribution in [2.75, 3.05) is 20.2 Å². The second-order valence-electron chi connectivity index (χ2n) is 12.3. The SMILES string of the molecule is COC(=O)N[C@H](C(=O)N1CCCC1c1nc(-c2ccc(-c3ccc(C(=O)CNC(=O)OC(C)(C)C)cc3)cc2)c(Cl)[nH]1)C(C)C. The lowest BCUT2D eigenvalue weighted by atomic mass is 10.0. The van der Waals surface area contributed by atoms with E-state index in [1.165, 1.54) is 7.11 Å². The Bertz CT molecular complexity index is 1530. The third-order valence-electron chi connectivity index (χ3n) is 7.41. The fraction of sp³-hybridized carbons (Fsp3) is 0.424. The van der Waals surface area contributed by atoms with Crippen LogP contribution in [0, 0.1) is 5.92 Å². The van der Waals surface area contributed by atoms with E-state index in [9.17, 15) is 19.2 Å². The van der Waals surface area contributed by atoms with Gasteiger partial charge >= 0.3 is 12.2 Å². The Kier molecular flexibility index (Phi) is 10.5. The van der Waals surface area contributed by atoms with Gasteiger partial charge in [-0.1, -0.05) is 74.0 Å². The first-order valence-electron chi connectivity index (χ1n) is 14.9. The summed E-state index contributed by atoms with van der Waals surface area (Å²) in [6, 6.07) is 13.8. The zero-order chi connectivity index (χ0) is 32.9. The number of benzene rings is 2. The van der Waals surface area contributed by atoms with Gasteiger partial charge in [0.1, 0.15) is 28.3 Å². The average molecular weight is 638 g/mol. The number of aromatic amines is 1. The van der Waals surface area contributed by atoms with Crippen molar-refractivity contribution in [2.45, 2.75) is 65.1 Å². The molecule has 1 fully saturated rings. The second kappa shape index (κ2) is 14.2. The molecule has 1 aliphatic heterocycles. The van der Waals surface area contributed by atoms with E-state index in [0.717, 1.165) is 23.1 Å². The molecule has 0 spiro atoms. The van der Waals surface area contributed by atoms with Crippen molar-refractivity contribution < 1.29 is 28.7 Å². The van der Waals surface area contributed by atoms with Crippen LogP contribution in [-0.4, -0.2) is 70.6 Å². The molecule has 0 saturated carbocycles. The number of Topliss-reactive ketones (excluding diaryl/α,β-unsaturated/α-hetero) is 1. The third-order valence-corrected chi connectivity index (χ3v) is 7.69. The van der Waals surface area contributed by atoms with Crippen LogP contribution in [0.5, 0.6) is 0 Å². The van der Waals surface area contributed by atoms with Gasteiger partial charge in [0.05, 0.1) is 19.7 Å². The summed E-state index contributed by atoms with van der Waals surface area (Å²) < 4.78 is 9.89. The number of rotatable bonds is 9. The monoisotopic (exact) mass is 637 g/mol. The number of carbonyl (C=O) groups excluding carboxylic acids is 4. The Morgan fingerprint density at radius 2 is 1.60 bits per heavy atom. The molecule has 1 aromatic heterocycles. The van der Waals surface area contributed by atoms with E-state index in [1.807, 2.05) is 50.2 Å². The fourth-order valence-corrected chi connectivity index (χ4v) is 5.40. The van der Waals surface area contributed by atoms with Gasteiger partial charge in [0.15, 0.2) is 5.78 Å². The summed E-state index contributed by atoms with van der Waals surface area (Å²) in [5.41, 5.74) is 3.05. The minimum Gasteiger partial charge on any atom is -0.453 e. The quantitative estimate of drug-likeness (QED) is 0.239. The lowest BCUT2D eigenvalue weighted by Gasteiger charge is -2.29. The number of nitrogens with zero attached hydrogens (tertiary/aromatic N) is 2. The molecule has 0 radical (unpaired) electrons. The van der Waals surface area contributed by atoms with Crippen LogP contribution in [0.1, 0.15) is 69.7 Å². The molecule has 4 rings (SSSR count). The molecular weight excluding hydrogens is 598 g/mol. The minimum absolute atomic E-state index is 0.134. The van der Waals surface area contributed by atoms with Gasteiger partial charge in [-0.2, -0.15) is 0 Å². The number of nitrogens with one attached hydrogen (secondary N) is 3. The molecule has 240 valence electrons. The maximum Gasteiger partial charge on any atom is 0.408 e. The van der Waals surface area contributed by atoms with Gasteiger partial charge in [0.25, 0.3) is 0 Å². The zero-order valence-corrected chi connectivity index (χ0v) is 27.2. The highest BCUT2D eigenvalue weighted by Gasteiger charge is 2.38. The van der Waals surface area contributed by atoms with Crippen molar-refractivity contribution in [3.63, 3.8) is 0 Å². The molecule has 1 saturated heterocycles. The Hall–Kier alpha value is -4.38. The first kappa shape index (κ1) is 33.5. The van der Waals surface area contributed by atoms with Crippen molar-refractivity contribution in [3.05, 3.63) is 65.1 Å². The largest absolute Gasteiger partial charge is 0.453 e. The van der Waals surface area contributed by atoms with Crippen molar-refractivity contribution in [1.29, 1.82) is 0 Å². The third kappa shape index (κ3) is 8.42. The number of halogens is 1.